The standard InChI is InChI=1S/C12H17NO4S/c1-10(14)13-6-4-12(5-7-13)18(15,16)9-11-3-2-8-17-11/h2-3,8,12H,4-7,9H2,1H3. The monoisotopic (exact) mass is 271 g/mol. The predicted molar refractivity (Wildman–Crippen MR) is 66.6 cm³/mol. The maximum absolute atomic E-state index is 12.2. The molecule has 5 nitrogen and oxygen atoms in total. The first-order chi connectivity index (χ1) is 8.49. The molecule has 0 atom stereocenters. The molecule has 1 fully saturated rings. The van der Waals surface area contributed by atoms with Crippen LogP contribution in [0.25, 0.3) is 0 Å². The van der Waals surface area contributed by atoms with Crippen molar-refractivity contribution in [3.8, 4) is 0 Å². The minimum absolute atomic E-state index is 0.0110. The summed E-state index contributed by atoms with van der Waals surface area (Å²) in [6.45, 7) is 2.56. The first-order valence-corrected chi connectivity index (χ1v) is 7.70. The summed E-state index contributed by atoms with van der Waals surface area (Å²) in [5.41, 5.74) is 0. The Hall–Kier alpha value is -1.30. The number of hydrogen-bond acceptors (Lipinski definition) is 4. The lowest BCUT2D eigenvalue weighted by Crippen LogP contribution is -2.41. The van der Waals surface area contributed by atoms with E-state index in [2.05, 4.69) is 0 Å². The molecular formula is C12H17NO4S. The van der Waals surface area contributed by atoms with Crippen molar-refractivity contribution in [2.24, 2.45) is 0 Å². The second-order valence-electron chi connectivity index (χ2n) is 4.59. The zero-order chi connectivity index (χ0) is 13.2. The zero-order valence-electron chi connectivity index (χ0n) is 10.3. The maximum atomic E-state index is 12.2. The lowest BCUT2D eigenvalue weighted by molar-refractivity contribution is -0.129. The van der Waals surface area contributed by atoms with Gasteiger partial charge in [-0.1, -0.05) is 0 Å². The van der Waals surface area contributed by atoms with E-state index < -0.39 is 9.84 Å². The van der Waals surface area contributed by atoms with Gasteiger partial charge in [0.2, 0.25) is 5.91 Å². The first-order valence-electron chi connectivity index (χ1n) is 5.98. The fraction of sp³-hybridized carbons (Fsp3) is 0.583. The number of amides is 1. The van der Waals surface area contributed by atoms with Gasteiger partial charge in [0.1, 0.15) is 11.5 Å². The molecule has 1 aromatic rings. The molecule has 0 aliphatic carbocycles. The molecule has 0 unspecified atom stereocenters. The summed E-state index contributed by atoms with van der Waals surface area (Å²) < 4.78 is 29.4. The van der Waals surface area contributed by atoms with Crippen LogP contribution < -0.4 is 0 Å². The van der Waals surface area contributed by atoms with Gasteiger partial charge in [-0.15, -0.1) is 0 Å². The number of piperidine rings is 1. The molecule has 0 bridgehead atoms. The van der Waals surface area contributed by atoms with E-state index in [4.69, 9.17) is 4.42 Å². The highest BCUT2D eigenvalue weighted by molar-refractivity contribution is 7.91. The van der Waals surface area contributed by atoms with Crippen molar-refractivity contribution in [2.75, 3.05) is 13.1 Å². The van der Waals surface area contributed by atoms with E-state index in [1.165, 1.54) is 13.2 Å². The number of rotatable bonds is 3. The molecule has 18 heavy (non-hydrogen) atoms. The number of likely N-dealkylation sites (tertiary alicyclic amines) is 1. The van der Waals surface area contributed by atoms with Crippen molar-refractivity contribution in [1.82, 2.24) is 4.90 Å². The number of carbonyl (C=O) groups is 1. The number of sulfone groups is 1. The van der Waals surface area contributed by atoms with E-state index >= 15 is 0 Å². The topological polar surface area (TPSA) is 67.6 Å². The first kappa shape index (κ1) is 13.1. The third kappa shape index (κ3) is 2.93. The van der Waals surface area contributed by atoms with E-state index in [9.17, 15) is 13.2 Å². The van der Waals surface area contributed by atoms with Crippen LogP contribution in [-0.4, -0.2) is 37.6 Å². The Labute approximate surface area is 107 Å². The molecule has 100 valence electrons. The van der Waals surface area contributed by atoms with Crippen LogP contribution in [0.2, 0.25) is 0 Å². The summed E-state index contributed by atoms with van der Waals surface area (Å²) in [5.74, 6) is 0.436. The summed E-state index contributed by atoms with van der Waals surface area (Å²) in [4.78, 5) is 12.9. The Morgan fingerprint density at radius 2 is 2.11 bits per heavy atom. The second kappa shape index (κ2) is 5.14. The van der Waals surface area contributed by atoms with Crippen LogP contribution in [0.5, 0.6) is 0 Å². The zero-order valence-corrected chi connectivity index (χ0v) is 11.1. The Balaban J connectivity index is 1.98. The summed E-state index contributed by atoms with van der Waals surface area (Å²) in [6, 6.07) is 3.35. The molecule has 1 amide bonds. The Bertz CT molecular complexity index is 498. The lowest BCUT2D eigenvalue weighted by atomic mass is 10.1. The minimum Gasteiger partial charge on any atom is -0.468 e. The number of hydrogen-bond donors (Lipinski definition) is 0. The van der Waals surface area contributed by atoms with Crippen molar-refractivity contribution in [1.29, 1.82) is 0 Å². The largest absolute Gasteiger partial charge is 0.468 e. The van der Waals surface area contributed by atoms with Gasteiger partial charge >= 0.3 is 0 Å². The van der Waals surface area contributed by atoms with Gasteiger partial charge in [0.25, 0.3) is 0 Å². The molecule has 1 aliphatic rings. The molecule has 0 aromatic carbocycles. The van der Waals surface area contributed by atoms with Gasteiger partial charge in [-0.05, 0) is 25.0 Å². The van der Waals surface area contributed by atoms with Gasteiger partial charge < -0.3 is 9.32 Å². The van der Waals surface area contributed by atoms with Crippen molar-refractivity contribution in [3.63, 3.8) is 0 Å². The van der Waals surface area contributed by atoms with Crippen LogP contribution in [0, 0.1) is 0 Å². The highest BCUT2D eigenvalue weighted by Crippen LogP contribution is 2.21. The molecule has 0 radical (unpaired) electrons. The smallest absolute Gasteiger partial charge is 0.219 e. The molecule has 2 heterocycles. The molecule has 6 heteroatoms. The van der Waals surface area contributed by atoms with E-state index in [1.807, 2.05) is 0 Å². The van der Waals surface area contributed by atoms with Gasteiger partial charge in [-0.25, -0.2) is 8.42 Å². The summed E-state index contributed by atoms with van der Waals surface area (Å²) in [6.07, 6.45) is 2.51. The molecular weight excluding hydrogens is 254 g/mol. The highest BCUT2D eigenvalue weighted by Gasteiger charge is 2.31. The predicted octanol–water partition coefficient (Wildman–Crippen LogP) is 1.21. The molecule has 1 saturated heterocycles. The number of nitrogens with zero attached hydrogens (tertiary/aromatic N) is 1. The Morgan fingerprint density at radius 3 is 2.61 bits per heavy atom. The van der Waals surface area contributed by atoms with Gasteiger partial charge in [-0.2, -0.15) is 0 Å². The summed E-state index contributed by atoms with van der Waals surface area (Å²) >= 11 is 0. The SMILES string of the molecule is CC(=O)N1CCC(S(=O)(=O)Cc2ccco2)CC1. The summed E-state index contributed by atoms with van der Waals surface area (Å²) in [5, 5.41) is -0.363. The molecule has 0 spiro atoms. The molecule has 1 aliphatic heterocycles. The van der Waals surface area contributed by atoms with Gasteiger partial charge in [0, 0.05) is 20.0 Å². The van der Waals surface area contributed by atoms with Crippen molar-refractivity contribution >= 4 is 15.7 Å². The third-order valence-electron chi connectivity index (χ3n) is 3.32. The fourth-order valence-corrected chi connectivity index (χ4v) is 3.97. The highest BCUT2D eigenvalue weighted by atomic mass is 32.2. The van der Waals surface area contributed by atoms with Crippen molar-refractivity contribution in [2.45, 2.75) is 30.8 Å². The number of furan rings is 1. The average Bonchev–Trinajstić information content (AvgIpc) is 2.81. The minimum atomic E-state index is -3.19. The van der Waals surface area contributed by atoms with E-state index in [-0.39, 0.29) is 16.9 Å². The fourth-order valence-electron chi connectivity index (χ4n) is 2.24. The van der Waals surface area contributed by atoms with Crippen LogP contribution >= 0.6 is 0 Å². The second-order valence-corrected chi connectivity index (χ2v) is 6.87. The van der Waals surface area contributed by atoms with Gasteiger partial charge in [0.05, 0.1) is 11.5 Å². The maximum Gasteiger partial charge on any atom is 0.219 e. The Morgan fingerprint density at radius 1 is 1.44 bits per heavy atom. The number of carbonyl (C=O) groups excluding carboxylic acids is 1. The molecule has 0 saturated carbocycles. The van der Waals surface area contributed by atoms with Gasteiger partial charge in [-0.3, -0.25) is 4.79 Å². The van der Waals surface area contributed by atoms with Gasteiger partial charge in [0.15, 0.2) is 9.84 Å². The van der Waals surface area contributed by atoms with Crippen LogP contribution in [-0.2, 0) is 20.4 Å². The Kier molecular flexibility index (Phi) is 3.75. The molecule has 2 rings (SSSR count). The van der Waals surface area contributed by atoms with Crippen molar-refractivity contribution < 1.29 is 17.6 Å². The average molecular weight is 271 g/mol. The van der Waals surface area contributed by atoms with Crippen LogP contribution in [0.1, 0.15) is 25.5 Å². The van der Waals surface area contributed by atoms with Crippen LogP contribution in [0.4, 0.5) is 0 Å². The van der Waals surface area contributed by atoms with Crippen LogP contribution in [0.3, 0.4) is 0 Å². The summed E-state index contributed by atoms with van der Waals surface area (Å²) in [7, 11) is -3.19. The lowest BCUT2D eigenvalue weighted by Gasteiger charge is -2.30. The third-order valence-corrected chi connectivity index (χ3v) is 5.49. The van der Waals surface area contributed by atoms with E-state index in [0.29, 0.717) is 31.7 Å². The van der Waals surface area contributed by atoms with E-state index in [1.54, 1.807) is 17.0 Å². The van der Waals surface area contributed by atoms with Crippen LogP contribution in [0.15, 0.2) is 22.8 Å². The van der Waals surface area contributed by atoms with E-state index in [0.717, 1.165) is 0 Å². The van der Waals surface area contributed by atoms with Crippen molar-refractivity contribution in [3.05, 3.63) is 24.2 Å². The normalized spacial score (nSPS) is 17.9. The molecule has 1 aromatic heterocycles. The molecule has 0 N–H and O–H groups in total. The quantitative estimate of drug-likeness (QED) is 0.828.